The van der Waals surface area contributed by atoms with Crippen molar-refractivity contribution in [3.8, 4) is 44.5 Å². The van der Waals surface area contributed by atoms with Gasteiger partial charge < -0.3 is 0 Å². The van der Waals surface area contributed by atoms with Gasteiger partial charge in [0.05, 0.1) is 22.3 Å². The maximum absolute atomic E-state index is 16.0. The van der Waals surface area contributed by atoms with Gasteiger partial charge in [-0.2, -0.15) is 0 Å². The third-order valence-electron chi connectivity index (χ3n) is 14.6. The molecule has 0 atom stereocenters. The van der Waals surface area contributed by atoms with Gasteiger partial charge in [0.25, 0.3) is 0 Å². The van der Waals surface area contributed by atoms with Gasteiger partial charge in [0.1, 0.15) is 0 Å². The van der Waals surface area contributed by atoms with Gasteiger partial charge in [-0.05, 0) is 126 Å². The summed E-state index contributed by atoms with van der Waals surface area (Å²) in [7, 11) is 0. The van der Waals surface area contributed by atoms with E-state index in [4.69, 9.17) is 0 Å². The molecular formula is C58H38F20. The Hall–Kier alpha value is -6.86. The number of fused-ring (bicyclic) bond motifs is 8. The Kier molecular flexibility index (Phi) is 15.3. The third kappa shape index (κ3) is 8.61. The van der Waals surface area contributed by atoms with Gasteiger partial charge >= 0.3 is 0 Å². The fraction of sp³-hybridized carbons (Fsp3) is 0.276. The standard InChI is InChI=1S/C58H38F20/c1-3-5-7-9-11-13-15-21-31-23-17-27(35-39(59)47(67)55(75)48(68)40(35)60)29(37-43(63)51(71)57(77)52(72)44(37)64)19-25(23)33(31)22(16-14-12-10-8-6-4-2)34-26-20-30(38-45(65)53(73)58(78)54(74)46(38)66)28(18-24(26)32(21)34)36-41(61)49(69)56(76)50(70)42(36)62/h17-20H,3-16H2,1-2H3. The van der Waals surface area contributed by atoms with Crippen molar-refractivity contribution in [2.75, 3.05) is 0 Å². The normalized spacial score (nSPS) is 12.2. The zero-order valence-corrected chi connectivity index (χ0v) is 40.8. The fourth-order valence-corrected chi connectivity index (χ4v) is 10.8. The lowest BCUT2D eigenvalue weighted by atomic mass is 9.74. The summed E-state index contributed by atoms with van der Waals surface area (Å²) in [6, 6.07) is 2.84. The van der Waals surface area contributed by atoms with E-state index in [9.17, 15) is 17.6 Å². The lowest BCUT2D eigenvalue weighted by Gasteiger charge is -2.29. The highest BCUT2D eigenvalue weighted by atomic mass is 19.2. The number of hydrogen-bond donors (Lipinski definition) is 0. The summed E-state index contributed by atoms with van der Waals surface area (Å²) in [5.41, 5.74) is -12.1. The fourth-order valence-electron chi connectivity index (χ4n) is 10.8. The molecule has 0 fully saturated rings. The number of hydrogen-bond acceptors (Lipinski definition) is 0. The Morgan fingerprint density at radius 1 is 0.218 bits per heavy atom. The van der Waals surface area contributed by atoms with E-state index in [0.29, 0.717) is 49.9 Å². The second-order valence-electron chi connectivity index (χ2n) is 19.2. The molecule has 0 bridgehead atoms. The zero-order valence-electron chi connectivity index (χ0n) is 40.8. The average molecular weight is 1110 g/mol. The molecule has 0 aliphatic carbocycles. The number of aryl methyl sites for hydroxylation is 2. The van der Waals surface area contributed by atoms with Crippen LogP contribution in [0, 0.1) is 116 Å². The van der Waals surface area contributed by atoms with Crippen LogP contribution in [-0.4, -0.2) is 0 Å². The number of unbranched alkanes of at least 4 members (excludes halogenated alkanes) is 10. The maximum Gasteiger partial charge on any atom is 0.200 e. The van der Waals surface area contributed by atoms with E-state index in [1.807, 2.05) is 13.8 Å². The van der Waals surface area contributed by atoms with Crippen LogP contribution in [0.4, 0.5) is 87.8 Å². The Labute approximate surface area is 429 Å². The first kappa shape index (κ1) is 55.9. The van der Waals surface area contributed by atoms with Crippen molar-refractivity contribution in [1.29, 1.82) is 0 Å². The molecule has 410 valence electrons. The molecule has 0 aliphatic rings. The lowest BCUT2D eigenvalue weighted by molar-refractivity contribution is 0.380. The van der Waals surface area contributed by atoms with E-state index in [0.717, 1.165) is 38.5 Å². The van der Waals surface area contributed by atoms with Crippen LogP contribution in [0.3, 0.4) is 0 Å². The minimum atomic E-state index is -2.67. The molecule has 0 amide bonds. The zero-order chi connectivity index (χ0) is 56.7. The number of rotatable bonds is 18. The molecule has 0 aromatic heterocycles. The van der Waals surface area contributed by atoms with Crippen molar-refractivity contribution >= 4 is 43.1 Å². The molecule has 9 aromatic rings. The molecule has 78 heavy (non-hydrogen) atoms. The van der Waals surface area contributed by atoms with Gasteiger partial charge in [0, 0.05) is 0 Å². The first-order valence-electron chi connectivity index (χ1n) is 24.7. The largest absolute Gasteiger partial charge is 0.203 e. The van der Waals surface area contributed by atoms with Crippen molar-refractivity contribution in [1.82, 2.24) is 0 Å². The summed E-state index contributed by atoms with van der Waals surface area (Å²) in [6.45, 7) is 3.88. The van der Waals surface area contributed by atoms with Gasteiger partial charge in [-0.3, -0.25) is 0 Å². The minimum Gasteiger partial charge on any atom is -0.203 e. The summed E-state index contributed by atoms with van der Waals surface area (Å²) in [5.74, 6) is -51.8. The third-order valence-corrected chi connectivity index (χ3v) is 14.6. The van der Waals surface area contributed by atoms with Crippen LogP contribution in [0.15, 0.2) is 24.3 Å². The molecule has 0 heterocycles. The molecule has 9 aromatic carbocycles. The van der Waals surface area contributed by atoms with E-state index in [2.05, 4.69) is 0 Å². The van der Waals surface area contributed by atoms with Crippen LogP contribution in [0.25, 0.3) is 87.6 Å². The van der Waals surface area contributed by atoms with Crippen molar-refractivity contribution in [3.63, 3.8) is 0 Å². The Morgan fingerprint density at radius 3 is 0.577 bits per heavy atom. The summed E-state index contributed by atoms with van der Waals surface area (Å²) in [6.07, 6.45) is 7.44. The van der Waals surface area contributed by atoms with Gasteiger partial charge in [0.2, 0.25) is 23.3 Å². The van der Waals surface area contributed by atoms with Crippen LogP contribution < -0.4 is 0 Å². The molecule has 0 unspecified atom stereocenters. The topological polar surface area (TPSA) is 0 Å². The predicted molar refractivity (Wildman–Crippen MR) is 254 cm³/mol. The van der Waals surface area contributed by atoms with Crippen LogP contribution in [0.1, 0.15) is 102 Å². The van der Waals surface area contributed by atoms with Crippen molar-refractivity contribution in [2.24, 2.45) is 0 Å². The summed E-state index contributed by atoms with van der Waals surface area (Å²) < 4.78 is 306. The first-order chi connectivity index (χ1) is 37.0. The van der Waals surface area contributed by atoms with Crippen LogP contribution in [-0.2, 0) is 12.8 Å². The van der Waals surface area contributed by atoms with E-state index in [1.165, 1.54) is 0 Å². The smallest absolute Gasteiger partial charge is 0.200 e. The van der Waals surface area contributed by atoms with E-state index in [1.54, 1.807) is 0 Å². The highest BCUT2D eigenvalue weighted by molar-refractivity contribution is 6.40. The molecule has 0 saturated heterocycles. The molecule has 0 radical (unpaired) electrons. The molecule has 20 heteroatoms. The van der Waals surface area contributed by atoms with Crippen LogP contribution in [0.5, 0.6) is 0 Å². The highest BCUT2D eigenvalue weighted by Gasteiger charge is 2.38. The van der Waals surface area contributed by atoms with Crippen LogP contribution >= 0.6 is 0 Å². The van der Waals surface area contributed by atoms with Crippen LogP contribution in [0.2, 0.25) is 0 Å². The van der Waals surface area contributed by atoms with Crippen molar-refractivity contribution in [3.05, 3.63) is 152 Å². The first-order valence-corrected chi connectivity index (χ1v) is 24.7. The second-order valence-corrected chi connectivity index (χ2v) is 19.2. The molecule has 0 saturated carbocycles. The average Bonchev–Trinajstić information content (AvgIpc) is 3.42. The maximum atomic E-state index is 16.0. The Morgan fingerprint density at radius 2 is 0.385 bits per heavy atom. The predicted octanol–water partition coefficient (Wildman–Crippen LogP) is 20.4. The Balaban J connectivity index is 1.48. The number of benzene rings is 7. The summed E-state index contributed by atoms with van der Waals surface area (Å²) in [5, 5.41) is -0.294. The van der Waals surface area contributed by atoms with E-state index in [-0.39, 0.29) is 79.9 Å². The van der Waals surface area contributed by atoms with E-state index < -0.39 is 161 Å². The summed E-state index contributed by atoms with van der Waals surface area (Å²) in [4.78, 5) is 0. The number of halogens is 20. The SMILES string of the molecule is CCCCCCCCc1c2c3cc(-c4c(F)c(F)c(F)c(F)c4F)c(-c4c(F)c(F)c(F)c(F)c4F)cc3c2c(CCCCCCCC)c2c3cc(-c4c(F)c(F)c(F)c(F)c4F)c(-c4c(F)c(F)c(F)c(F)c4F)cc3c12. The van der Waals surface area contributed by atoms with Gasteiger partial charge in [-0.25, -0.2) is 87.8 Å². The summed E-state index contributed by atoms with van der Waals surface area (Å²) >= 11 is 0. The molecule has 0 N–H and O–H groups in total. The Bertz CT molecular complexity index is 3300. The minimum absolute atomic E-state index is 0.0402. The second kappa shape index (κ2) is 21.4. The van der Waals surface area contributed by atoms with Crippen molar-refractivity contribution in [2.45, 2.75) is 104 Å². The lowest BCUT2D eigenvalue weighted by Crippen LogP contribution is -2.10. The van der Waals surface area contributed by atoms with Gasteiger partial charge in [-0.15, -0.1) is 0 Å². The highest BCUT2D eigenvalue weighted by Crippen LogP contribution is 2.56. The monoisotopic (exact) mass is 1110 g/mol. The quantitative estimate of drug-likeness (QED) is 0.0348. The molecule has 9 rings (SSSR count). The van der Waals surface area contributed by atoms with Crippen molar-refractivity contribution < 1.29 is 87.8 Å². The van der Waals surface area contributed by atoms with Gasteiger partial charge in [-0.1, -0.05) is 78.1 Å². The molecule has 0 spiro atoms. The molecular weight excluding hydrogens is 1080 g/mol. The molecule has 0 aliphatic heterocycles. The van der Waals surface area contributed by atoms with E-state index >= 15 is 70.2 Å². The van der Waals surface area contributed by atoms with Gasteiger partial charge in [0.15, 0.2) is 93.1 Å². The molecule has 0 nitrogen and oxygen atoms in total.